The van der Waals surface area contributed by atoms with Gasteiger partial charge in [0.25, 0.3) is 0 Å². The highest BCUT2D eigenvalue weighted by molar-refractivity contribution is 6.30. The third-order valence-corrected chi connectivity index (χ3v) is 2.00. The Hall–Kier alpha value is -0.730. The zero-order chi connectivity index (χ0) is 11.5. The van der Waals surface area contributed by atoms with Crippen molar-refractivity contribution in [1.29, 1.82) is 0 Å². The highest BCUT2D eigenvalue weighted by Gasteiger charge is 1.85. The second kappa shape index (κ2) is 9.81. The number of phenols is 1. The van der Waals surface area contributed by atoms with Crippen LogP contribution in [0.25, 0.3) is 0 Å². The van der Waals surface area contributed by atoms with Crippen molar-refractivity contribution < 1.29 is 5.11 Å². The third-order valence-electron chi connectivity index (χ3n) is 1.77. The Bertz CT molecular complexity index is 232. The SMILES string of the molecule is CCCCNCC.Oc1cccc(Cl)c1. The van der Waals surface area contributed by atoms with Crippen LogP contribution in [0.3, 0.4) is 0 Å². The van der Waals surface area contributed by atoms with E-state index in [-0.39, 0.29) is 5.75 Å². The lowest BCUT2D eigenvalue weighted by molar-refractivity contribution is 0.475. The van der Waals surface area contributed by atoms with Gasteiger partial charge in [-0.05, 0) is 37.7 Å². The van der Waals surface area contributed by atoms with Crippen LogP contribution in [0.15, 0.2) is 24.3 Å². The minimum Gasteiger partial charge on any atom is -0.508 e. The zero-order valence-corrected chi connectivity index (χ0v) is 10.2. The van der Waals surface area contributed by atoms with E-state index in [0.29, 0.717) is 5.02 Å². The summed E-state index contributed by atoms with van der Waals surface area (Å²) in [7, 11) is 0. The van der Waals surface area contributed by atoms with Crippen LogP contribution in [-0.4, -0.2) is 18.2 Å². The molecular weight excluding hydrogens is 210 g/mol. The van der Waals surface area contributed by atoms with E-state index in [1.807, 2.05) is 0 Å². The fraction of sp³-hybridized carbons (Fsp3) is 0.500. The number of phenolic OH excluding ortho intramolecular Hbond substituents is 1. The summed E-state index contributed by atoms with van der Waals surface area (Å²) in [6, 6.07) is 6.46. The van der Waals surface area contributed by atoms with Gasteiger partial charge in [0.05, 0.1) is 0 Å². The van der Waals surface area contributed by atoms with E-state index in [0.717, 1.165) is 6.54 Å². The average molecular weight is 230 g/mol. The highest BCUT2D eigenvalue weighted by atomic mass is 35.5. The summed E-state index contributed by atoms with van der Waals surface area (Å²) >= 11 is 5.48. The summed E-state index contributed by atoms with van der Waals surface area (Å²) in [6.45, 7) is 6.64. The molecule has 15 heavy (non-hydrogen) atoms. The highest BCUT2D eigenvalue weighted by Crippen LogP contribution is 2.14. The molecule has 0 amide bonds. The van der Waals surface area contributed by atoms with Gasteiger partial charge in [-0.15, -0.1) is 0 Å². The molecule has 0 atom stereocenters. The first-order valence-electron chi connectivity index (χ1n) is 5.36. The van der Waals surface area contributed by atoms with Gasteiger partial charge in [0.15, 0.2) is 0 Å². The molecule has 1 rings (SSSR count). The van der Waals surface area contributed by atoms with Crippen LogP contribution in [0.1, 0.15) is 26.7 Å². The van der Waals surface area contributed by atoms with Gasteiger partial charge in [0.2, 0.25) is 0 Å². The molecule has 86 valence electrons. The van der Waals surface area contributed by atoms with Crippen LogP contribution in [0.2, 0.25) is 5.02 Å². The normalized spacial score (nSPS) is 9.27. The fourth-order valence-corrected chi connectivity index (χ4v) is 1.14. The van der Waals surface area contributed by atoms with Crippen LogP contribution in [0.5, 0.6) is 5.75 Å². The third kappa shape index (κ3) is 9.57. The predicted octanol–water partition coefficient (Wildman–Crippen LogP) is 3.44. The molecule has 0 spiro atoms. The average Bonchev–Trinajstić information content (AvgIpc) is 2.19. The van der Waals surface area contributed by atoms with Gasteiger partial charge in [-0.2, -0.15) is 0 Å². The maximum Gasteiger partial charge on any atom is 0.117 e. The summed E-state index contributed by atoms with van der Waals surface area (Å²) in [6.07, 6.45) is 2.61. The number of rotatable bonds is 4. The van der Waals surface area contributed by atoms with Crippen molar-refractivity contribution in [3.05, 3.63) is 29.3 Å². The molecule has 0 fully saturated rings. The quantitative estimate of drug-likeness (QED) is 0.776. The first-order chi connectivity index (χ1) is 7.20. The Morgan fingerprint density at radius 2 is 2.07 bits per heavy atom. The smallest absolute Gasteiger partial charge is 0.117 e. The van der Waals surface area contributed by atoms with Gasteiger partial charge in [-0.25, -0.2) is 0 Å². The zero-order valence-electron chi connectivity index (χ0n) is 9.46. The fourth-order valence-electron chi connectivity index (χ4n) is 0.955. The molecule has 0 radical (unpaired) electrons. The second-order valence-electron chi connectivity index (χ2n) is 3.19. The van der Waals surface area contributed by atoms with Crippen molar-refractivity contribution in [2.75, 3.05) is 13.1 Å². The molecule has 0 heterocycles. The molecule has 0 bridgehead atoms. The van der Waals surface area contributed by atoms with Crippen molar-refractivity contribution in [2.45, 2.75) is 26.7 Å². The maximum absolute atomic E-state index is 8.73. The van der Waals surface area contributed by atoms with Crippen molar-refractivity contribution in [3.8, 4) is 5.75 Å². The molecule has 0 aliphatic rings. The Balaban J connectivity index is 0.000000265. The molecule has 1 aromatic carbocycles. The molecule has 0 unspecified atom stereocenters. The van der Waals surface area contributed by atoms with E-state index in [4.69, 9.17) is 16.7 Å². The summed E-state index contributed by atoms with van der Waals surface area (Å²) in [5.41, 5.74) is 0. The van der Waals surface area contributed by atoms with Crippen molar-refractivity contribution in [3.63, 3.8) is 0 Å². The Morgan fingerprint density at radius 3 is 2.47 bits per heavy atom. The number of hydrogen-bond donors (Lipinski definition) is 2. The largest absolute Gasteiger partial charge is 0.508 e. The number of unbranched alkanes of at least 4 members (excludes halogenated alkanes) is 1. The second-order valence-corrected chi connectivity index (χ2v) is 3.62. The van der Waals surface area contributed by atoms with Gasteiger partial charge in [0.1, 0.15) is 5.75 Å². The van der Waals surface area contributed by atoms with Crippen LogP contribution in [0, 0.1) is 0 Å². The van der Waals surface area contributed by atoms with Gasteiger partial charge in [-0.1, -0.05) is 37.9 Å². The molecular formula is C12H20ClNO. The van der Waals surface area contributed by atoms with Crippen LogP contribution < -0.4 is 5.32 Å². The minimum absolute atomic E-state index is 0.206. The van der Waals surface area contributed by atoms with E-state index in [2.05, 4.69) is 19.2 Å². The summed E-state index contributed by atoms with van der Waals surface area (Å²) in [5.74, 6) is 0.206. The van der Waals surface area contributed by atoms with E-state index < -0.39 is 0 Å². The molecule has 1 aromatic rings. The lowest BCUT2D eigenvalue weighted by Gasteiger charge is -1.95. The van der Waals surface area contributed by atoms with Gasteiger partial charge in [0, 0.05) is 5.02 Å². The predicted molar refractivity (Wildman–Crippen MR) is 66.6 cm³/mol. The maximum atomic E-state index is 8.73. The summed E-state index contributed by atoms with van der Waals surface area (Å²) < 4.78 is 0. The number of nitrogens with one attached hydrogen (secondary N) is 1. The summed E-state index contributed by atoms with van der Waals surface area (Å²) in [4.78, 5) is 0. The summed E-state index contributed by atoms with van der Waals surface area (Å²) in [5, 5.41) is 12.5. The lowest BCUT2D eigenvalue weighted by atomic mass is 10.3. The van der Waals surface area contributed by atoms with E-state index >= 15 is 0 Å². The Kier molecular flexibility index (Phi) is 9.33. The number of hydrogen-bond acceptors (Lipinski definition) is 2. The number of aromatic hydroxyl groups is 1. The number of benzene rings is 1. The molecule has 0 aromatic heterocycles. The molecule has 0 saturated carbocycles. The van der Waals surface area contributed by atoms with E-state index in [1.165, 1.54) is 25.5 Å². The topological polar surface area (TPSA) is 32.3 Å². The molecule has 0 aliphatic heterocycles. The Labute approximate surface area is 97.3 Å². The van der Waals surface area contributed by atoms with Crippen molar-refractivity contribution in [2.24, 2.45) is 0 Å². The molecule has 0 saturated heterocycles. The van der Waals surface area contributed by atoms with Crippen LogP contribution in [-0.2, 0) is 0 Å². The van der Waals surface area contributed by atoms with Crippen molar-refractivity contribution in [1.82, 2.24) is 5.32 Å². The van der Waals surface area contributed by atoms with Gasteiger partial charge < -0.3 is 10.4 Å². The minimum atomic E-state index is 0.206. The van der Waals surface area contributed by atoms with Gasteiger partial charge in [-0.3, -0.25) is 0 Å². The standard InChI is InChI=1S/C6H5ClO.C6H15N/c7-5-2-1-3-6(8)4-5;1-3-5-6-7-4-2/h1-4,8H;7H,3-6H2,1-2H3. The molecule has 0 aliphatic carbocycles. The van der Waals surface area contributed by atoms with Crippen LogP contribution in [0.4, 0.5) is 0 Å². The van der Waals surface area contributed by atoms with E-state index in [1.54, 1.807) is 18.2 Å². The first-order valence-corrected chi connectivity index (χ1v) is 5.73. The molecule has 3 heteroatoms. The number of halogens is 1. The molecule has 2 N–H and O–H groups in total. The van der Waals surface area contributed by atoms with Crippen LogP contribution >= 0.6 is 11.6 Å². The molecule has 2 nitrogen and oxygen atoms in total. The monoisotopic (exact) mass is 229 g/mol. The van der Waals surface area contributed by atoms with Gasteiger partial charge >= 0.3 is 0 Å². The van der Waals surface area contributed by atoms with Crippen molar-refractivity contribution >= 4 is 11.6 Å². The first kappa shape index (κ1) is 14.3. The lowest BCUT2D eigenvalue weighted by Crippen LogP contribution is -2.13. The Morgan fingerprint density at radius 1 is 1.33 bits per heavy atom. The van der Waals surface area contributed by atoms with E-state index in [9.17, 15) is 0 Å².